The molecule has 0 radical (unpaired) electrons. The fraction of sp³-hybridized carbons (Fsp3) is 0.310. The third-order valence-corrected chi connectivity index (χ3v) is 6.93. The SMILES string of the molecule is CCc1ccccc1N1C(=O)CC(c2ccc3ccccc3c2)C2=C1CC(C)(C)CC2=O. The van der Waals surface area contributed by atoms with E-state index in [1.54, 1.807) is 0 Å². The maximum Gasteiger partial charge on any atom is 0.232 e. The Bertz CT molecular complexity index is 1270. The van der Waals surface area contributed by atoms with Gasteiger partial charge in [0, 0.05) is 30.0 Å². The van der Waals surface area contributed by atoms with Crippen LogP contribution in [-0.2, 0) is 16.0 Å². The lowest BCUT2D eigenvalue weighted by molar-refractivity contribution is -0.121. The van der Waals surface area contributed by atoms with Crippen LogP contribution in [0.5, 0.6) is 0 Å². The Balaban J connectivity index is 1.70. The maximum atomic E-state index is 13.7. The molecule has 1 heterocycles. The standard InChI is InChI=1S/C29H29NO2/c1-4-19-9-7-8-12-24(19)30-25-17-29(2,3)18-26(31)28(25)23(16-27(30)32)22-14-13-20-10-5-6-11-21(20)15-22/h5-15,23H,4,16-18H2,1-3H3. The molecule has 0 saturated carbocycles. The van der Waals surface area contributed by atoms with Crippen molar-refractivity contribution < 1.29 is 9.59 Å². The van der Waals surface area contributed by atoms with Crippen LogP contribution in [0.1, 0.15) is 57.1 Å². The van der Waals surface area contributed by atoms with Crippen LogP contribution in [0.25, 0.3) is 10.8 Å². The van der Waals surface area contributed by atoms with E-state index in [9.17, 15) is 9.59 Å². The Labute approximate surface area is 189 Å². The van der Waals surface area contributed by atoms with Gasteiger partial charge in [0.15, 0.2) is 5.78 Å². The van der Waals surface area contributed by atoms with Crippen molar-refractivity contribution in [2.75, 3.05) is 4.90 Å². The second-order valence-electron chi connectivity index (χ2n) is 9.88. The third-order valence-electron chi connectivity index (χ3n) is 6.93. The topological polar surface area (TPSA) is 37.4 Å². The van der Waals surface area contributed by atoms with Crippen molar-refractivity contribution >= 4 is 28.2 Å². The van der Waals surface area contributed by atoms with E-state index in [2.05, 4.69) is 57.2 Å². The van der Waals surface area contributed by atoms with Gasteiger partial charge in [-0.3, -0.25) is 14.5 Å². The molecule has 0 fully saturated rings. The molecule has 3 aromatic carbocycles. The molecule has 0 N–H and O–H groups in total. The number of Topliss-reactive ketones (excluding diaryl/α,β-unsaturated/α-hetero) is 1. The third kappa shape index (κ3) is 3.46. The molecule has 3 aromatic rings. The normalized spacial score (nSPS) is 20.6. The molecule has 32 heavy (non-hydrogen) atoms. The first-order valence-electron chi connectivity index (χ1n) is 11.5. The van der Waals surface area contributed by atoms with E-state index in [1.165, 1.54) is 5.39 Å². The number of hydrogen-bond donors (Lipinski definition) is 0. The first kappa shape index (κ1) is 20.7. The number of allylic oxidation sites excluding steroid dienone is 2. The molecule has 3 heteroatoms. The van der Waals surface area contributed by atoms with Crippen LogP contribution in [0.2, 0.25) is 0 Å². The highest BCUT2D eigenvalue weighted by atomic mass is 16.2. The highest BCUT2D eigenvalue weighted by molar-refractivity contribution is 6.08. The summed E-state index contributed by atoms with van der Waals surface area (Å²) in [5.74, 6) is 0.0740. The molecule has 0 spiro atoms. The monoisotopic (exact) mass is 423 g/mol. The second kappa shape index (κ2) is 7.74. The van der Waals surface area contributed by atoms with Crippen molar-refractivity contribution in [3.05, 3.63) is 89.1 Å². The molecule has 0 saturated heterocycles. The molecule has 2 aliphatic rings. The van der Waals surface area contributed by atoms with Gasteiger partial charge in [-0.15, -0.1) is 0 Å². The summed E-state index contributed by atoms with van der Waals surface area (Å²) in [6.07, 6.45) is 2.41. The van der Waals surface area contributed by atoms with E-state index in [0.717, 1.165) is 46.3 Å². The number of hydrogen-bond acceptors (Lipinski definition) is 2. The summed E-state index contributed by atoms with van der Waals surface area (Å²) in [6.45, 7) is 6.36. The number of carbonyl (C=O) groups is 2. The smallest absolute Gasteiger partial charge is 0.232 e. The van der Waals surface area contributed by atoms with E-state index in [4.69, 9.17) is 0 Å². The molecule has 0 aromatic heterocycles. The lowest BCUT2D eigenvalue weighted by atomic mass is 9.69. The van der Waals surface area contributed by atoms with Crippen LogP contribution in [0, 0.1) is 5.41 Å². The van der Waals surface area contributed by atoms with Crippen molar-refractivity contribution in [1.29, 1.82) is 0 Å². The van der Waals surface area contributed by atoms with Crippen molar-refractivity contribution in [2.24, 2.45) is 5.41 Å². The Morgan fingerprint density at radius 2 is 1.62 bits per heavy atom. The highest BCUT2D eigenvalue weighted by Gasteiger charge is 2.44. The van der Waals surface area contributed by atoms with Gasteiger partial charge in [0.2, 0.25) is 5.91 Å². The van der Waals surface area contributed by atoms with Gasteiger partial charge >= 0.3 is 0 Å². The fourth-order valence-corrected chi connectivity index (χ4v) is 5.43. The van der Waals surface area contributed by atoms with Crippen molar-refractivity contribution in [3.8, 4) is 0 Å². The first-order chi connectivity index (χ1) is 15.4. The second-order valence-corrected chi connectivity index (χ2v) is 9.88. The summed E-state index contributed by atoms with van der Waals surface area (Å²) in [7, 11) is 0. The van der Waals surface area contributed by atoms with E-state index in [1.807, 2.05) is 35.2 Å². The van der Waals surface area contributed by atoms with Crippen molar-refractivity contribution in [1.82, 2.24) is 0 Å². The van der Waals surface area contributed by atoms with Crippen LogP contribution < -0.4 is 4.90 Å². The number of benzene rings is 3. The van der Waals surface area contributed by atoms with Gasteiger partial charge in [0.05, 0.1) is 5.69 Å². The van der Waals surface area contributed by atoms with Crippen LogP contribution in [-0.4, -0.2) is 11.7 Å². The van der Waals surface area contributed by atoms with Crippen LogP contribution in [0.4, 0.5) is 5.69 Å². The Morgan fingerprint density at radius 1 is 0.906 bits per heavy atom. The maximum absolute atomic E-state index is 13.7. The largest absolute Gasteiger partial charge is 0.294 e. The number of anilines is 1. The number of aryl methyl sites for hydroxylation is 1. The van der Waals surface area contributed by atoms with Gasteiger partial charge in [-0.25, -0.2) is 0 Å². The summed E-state index contributed by atoms with van der Waals surface area (Å²) >= 11 is 0. The van der Waals surface area contributed by atoms with Gasteiger partial charge in [0.25, 0.3) is 0 Å². The van der Waals surface area contributed by atoms with Crippen LogP contribution in [0.15, 0.2) is 78.0 Å². The van der Waals surface area contributed by atoms with Crippen molar-refractivity contribution in [3.63, 3.8) is 0 Å². The summed E-state index contributed by atoms with van der Waals surface area (Å²) in [4.78, 5) is 29.1. The summed E-state index contributed by atoms with van der Waals surface area (Å²) < 4.78 is 0. The van der Waals surface area contributed by atoms with Gasteiger partial charge in [0.1, 0.15) is 0 Å². The Kier molecular flexibility index (Phi) is 5.00. The average molecular weight is 424 g/mol. The summed E-state index contributed by atoms with van der Waals surface area (Å²) in [6, 6.07) is 22.7. The molecule has 1 aliphatic carbocycles. The minimum atomic E-state index is -0.184. The fourth-order valence-electron chi connectivity index (χ4n) is 5.43. The van der Waals surface area contributed by atoms with E-state index in [0.29, 0.717) is 12.8 Å². The minimum Gasteiger partial charge on any atom is -0.294 e. The number of fused-ring (bicyclic) bond motifs is 1. The molecule has 0 bridgehead atoms. The molecule has 1 amide bonds. The number of para-hydroxylation sites is 1. The lowest BCUT2D eigenvalue weighted by Gasteiger charge is -2.43. The molecule has 162 valence electrons. The zero-order valence-electron chi connectivity index (χ0n) is 19.0. The van der Waals surface area contributed by atoms with E-state index in [-0.39, 0.29) is 23.0 Å². The predicted molar refractivity (Wildman–Crippen MR) is 130 cm³/mol. The van der Waals surface area contributed by atoms with Gasteiger partial charge in [-0.1, -0.05) is 81.4 Å². The van der Waals surface area contributed by atoms with Crippen molar-refractivity contribution in [2.45, 2.75) is 52.4 Å². The Morgan fingerprint density at radius 3 is 2.41 bits per heavy atom. The number of amides is 1. The molecular formula is C29H29NO2. The lowest BCUT2D eigenvalue weighted by Crippen LogP contribution is -2.44. The zero-order chi connectivity index (χ0) is 22.5. The summed E-state index contributed by atoms with van der Waals surface area (Å²) in [5.41, 5.74) is 4.69. The molecule has 5 rings (SSSR count). The number of nitrogens with zero attached hydrogens (tertiary/aromatic N) is 1. The van der Waals surface area contributed by atoms with Gasteiger partial charge in [-0.05, 0) is 46.2 Å². The van der Waals surface area contributed by atoms with E-state index < -0.39 is 0 Å². The molecule has 1 atom stereocenters. The van der Waals surface area contributed by atoms with Gasteiger partial charge in [-0.2, -0.15) is 0 Å². The zero-order valence-corrected chi connectivity index (χ0v) is 19.0. The first-order valence-corrected chi connectivity index (χ1v) is 11.5. The molecule has 1 unspecified atom stereocenters. The molecule has 3 nitrogen and oxygen atoms in total. The van der Waals surface area contributed by atoms with E-state index >= 15 is 0 Å². The quantitative estimate of drug-likeness (QED) is 0.478. The minimum absolute atomic E-state index is 0.0771. The van der Waals surface area contributed by atoms with Crippen LogP contribution in [0.3, 0.4) is 0 Å². The Hall–Kier alpha value is -3.20. The highest BCUT2D eigenvalue weighted by Crippen LogP contribution is 2.48. The predicted octanol–water partition coefficient (Wildman–Crippen LogP) is 6.57. The molecular weight excluding hydrogens is 394 g/mol. The number of ketones is 1. The number of carbonyl (C=O) groups excluding carboxylic acids is 2. The molecule has 1 aliphatic heterocycles. The average Bonchev–Trinajstić information content (AvgIpc) is 2.77. The number of rotatable bonds is 3. The van der Waals surface area contributed by atoms with Gasteiger partial charge < -0.3 is 0 Å². The summed E-state index contributed by atoms with van der Waals surface area (Å²) in [5, 5.41) is 2.31. The van der Waals surface area contributed by atoms with Crippen LogP contribution >= 0.6 is 0 Å².